The van der Waals surface area contributed by atoms with Gasteiger partial charge in [-0.1, -0.05) is 18.4 Å². The third kappa shape index (κ3) is 3.34. The van der Waals surface area contributed by atoms with E-state index in [-0.39, 0.29) is 0 Å². The minimum Gasteiger partial charge on any atom is -0.478 e. The Kier molecular flexibility index (Phi) is 3.99. The number of carbonyl (C=O) groups is 1. The SMILES string of the molecule is O=C(O)C=C1CCC(NC2CCCC2)CC1. The molecule has 3 nitrogen and oxygen atoms in total. The number of carboxylic acids is 1. The van der Waals surface area contributed by atoms with E-state index in [9.17, 15) is 4.79 Å². The van der Waals surface area contributed by atoms with Gasteiger partial charge in [0, 0.05) is 18.2 Å². The lowest BCUT2D eigenvalue weighted by atomic mass is 9.90. The molecule has 0 aromatic rings. The molecular formula is C13H21NO2. The van der Waals surface area contributed by atoms with Crippen molar-refractivity contribution in [1.82, 2.24) is 5.32 Å². The van der Waals surface area contributed by atoms with Gasteiger partial charge in [-0.05, 0) is 38.5 Å². The van der Waals surface area contributed by atoms with Crippen LogP contribution in [-0.4, -0.2) is 23.2 Å². The first-order valence-electron chi connectivity index (χ1n) is 6.42. The van der Waals surface area contributed by atoms with Gasteiger partial charge in [0.15, 0.2) is 0 Å². The normalized spacial score (nSPS) is 27.0. The summed E-state index contributed by atoms with van der Waals surface area (Å²) in [5, 5.41) is 12.4. The lowest BCUT2D eigenvalue weighted by molar-refractivity contribution is -0.131. The maximum Gasteiger partial charge on any atom is 0.328 e. The zero-order valence-electron chi connectivity index (χ0n) is 9.74. The Morgan fingerprint density at radius 1 is 1.12 bits per heavy atom. The quantitative estimate of drug-likeness (QED) is 0.723. The highest BCUT2D eigenvalue weighted by Crippen LogP contribution is 2.26. The number of rotatable bonds is 3. The zero-order valence-corrected chi connectivity index (χ0v) is 9.74. The summed E-state index contributed by atoms with van der Waals surface area (Å²) in [5.41, 5.74) is 1.11. The molecule has 0 bridgehead atoms. The van der Waals surface area contributed by atoms with Gasteiger partial charge in [-0.2, -0.15) is 0 Å². The highest BCUT2D eigenvalue weighted by atomic mass is 16.4. The molecule has 2 rings (SSSR count). The molecule has 0 amide bonds. The summed E-state index contributed by atoms with van der Waals surface area (Å²) in [5.74, 6) is -0.794. The minimum absolute atomic E-state index is 0.619. The third-order valence-corrected chi connectivity index (χ3v) is 3.78. The van der Waals surface area contributed by atoms with Gasteiger partial charge in [0.2, 0.25) is 0 Å². The molecule has 2 saturated carbocycles. The van der Waals surface area contributed by atoms with Gasteiger partial charge >= 0.3 is 5.97 Å². The zero-order chi connectivity index (χ0) is 11.4. The number of carboxylic acid groups (broad SMARTS) is 1. The van der Waals surface area contributed by atoms with Crippen LogP contribution < -0.4 is 5.32 Å². The summed E-state index contributed by atoms with van der Waals surface area (Å²) >= 11 is 0. The van der Waals surface area contributed by atoms with Crippen molar-refractivity contribution in [3.05, 3.63) is 11.6 Å². The van der Waals surface area contributed by atoms with Crippen LogP contribution in [0.3, 0.4) is 0 Å². The van der Waals surface area contributed by atoms with Crippen molar-refractivity contribution >= 4 is 5.97 Å². The Bertz CT molecular complexity index is 270. The van der Waals surface area contributed by atoms with Crippen molar-refractivity contribution in [2.45, 2.75) is 63.5 Å². The maximum absolute atomic E-state index is 10.5. The van der Waals surface area contributed by atoms with Crippen molar-refractivity contribution < 1.29 is 9.90 Å². The van der Waals surface area contributed by atoms with Crippen LogP contribution in [0.15, 0.2) is 11.6 Å². The van der Waals surface area contributed by atoms with E-state index >= 15 is 0 Å². The van der Waals surface area contributed by atoms with Gasteiger partial charge < -0.3 is 10.4 Å². The average Bonchev–Trinajstić information content (AvgIpc) is 2.73. The van der Waals surface area contributed by atoms with Crippen LogP contribution in [0.1, 0.15) is 51.4 Å². The van der Waals surface area contributed by atoms with Gasteiger partial charge in [0.1, 0.15) is 0 Å². The van der Waals surface area contributed by atoms with Crippen LogP contribution in [0.4, 0.5) is 0 Å². The van der Waals surface area contributed by atoms with E-state index in [1.807, 2.05) is 0 Å². The van der Waals surface area contributed by atoms with Gasteiger partial charge in [-0.3, -0.25) is 0 Å². The molecule has 2 N–H and O–H groups in total. The molecule has 16 heavy (non-hydrogen) atoms. The first kappa shape index (κ1) is 11.6. The van der Waals surface area contributed by atoms with Crippen LogP contribution in [0.2, 0.25) is 0 Å². The molecule has 2 aliphatic rings. The lowest BCUT2D eigenvalue weighted by Gasteiger charge is -2.27. The summed E-state index contributed by atoms with van der Waals surface area (Å²) in [6.07, 6.45) is 10.9. The summed E-state index contributed by atoms with van der Waals surface area (Å²) in [7, 11) is 0. The largest absolute Gasteiger partial charge is 0.478 e. The first-order chi connectivity index (χ1) is 7.74. The van der Waals surface area contributed by atoms with Crippen LogP contribution in [0.25, 0.3) is 0 Å². The third-order valence-electron chi connectivity index (χ3n) is 3.78. The molecule has 90 valence electrons. The fourth-order valence-corrected chi connectivity index (χ4v) is 2.90. The Labute approximate surface area is 96.9 Å². The van der Waals surface area contributed by atoms with E-state index in [1.54, 1.807) is 0 Å². The highest BCUT2D eigenvalue weighted by Gasteiger charge is 2.22. The molecule has 0 atom stereocenters. The molecular weight excluding hydrogens is 202 g/mol. The van der Waals surface area contributed by atoms with E-state index in [0.29, 0.717) is 6.04 Å². The molecule has 0 radical (unpaired) electrons. The summed E-state index contributed by atoms with van der Waals surface area (Å²) < 4.78 is 0. The maximum atomic E-state index is 10.5. The van der Waals surface area contributed by atoms with Crippen molar-refractivity contribution in [3.63, 3.8) is 0 Å². The molecule has 0 aromatic carbocycles. The standard InChI is InChI=1S/C13H21NO2/c15-13(16)9-10-5-7-12(8-6-10)14-11-3-1-2-4-11/h9,11-12,14H,1-8H2,(H,15,16). The number of allylic oxidation sites excluding steroid dienone is 1. The van der Waals surface area contributed by atoms with Crippen LogP contribution >= 0.6 is 0 Å². The molecule has 0 spiro atoms. The van der Waals surface area contributed by atoms with Crippen molar-refractivity contribution in [1.29, 1.82) is 0 Å². The Morgan fingerprint density at radius 3 is 2.25 bits per heavy atom. The fraction of sp³-hybridized carbons (Fsp3) is 0.769. The number of hydrogen-bond acceptors (Lipinski definition) is 2. The minimum atomic E-state index is -0.794. The Hall–Kier alpha value is -0.830. The van der Waals surface area contributed by atoms with E-state index in [2.05, 4.69) is 5.32 Å². The molecule has 0 aliphatic heterocycles. The van der Waals surface area contributed by atoms with Crippen molar-refractivity contribution in [3.8, 4) is 0 Å². The second kappa shape index (κ2) is 5.48. The van der Waals surface area contributed by atoms with Gasteiger partial charge in [0.05, 0.1) is 0 Å². The second-order valence-corrected chi connectivity index (χ2v) is 5.06. The van der Waals surface area contributed by atoms with Crippen LogP contribution in [-0.2, 0) is 4.79 Å². The van der Waals surface area contributed by atoms with Gasteiger partial charge in [0.25, 0.3) is 0 Å². The van der Waals surface area contributed by atoms with E-state index in [0.717, 1.165) is 37.3 Å². The monoisotopic (exact) mass is 223 g/mol. The molecule has 0 aromatic heterocycles. The highest BCUT2D eigenvalue weighted by molar-refractivity contribution is 5.80. The molecule has 2 aliphatic carbocycles. The lowest BCUT2D eigenvalue weighted by Crippen LogP contribution is -2.38. The van der Waals surface area contributed by atoms with Crippen molar-refractivity contribution in [2.24, 2.45) is 0 Å². The first-order valence-corrected chi connectivity index (χ1v) is 6.42. The fourth-order valence-electron chi connectivity index (χ4n) is 2.90. The Morgan fingerprint density at radius 2 is 1.69 bits per heavy atom. The number of nitrogens with one attached hydrogen (secondary N) is 1. The van der Waals surface area contributed by atoms with Crippen LogP contribution in [0.5, 0.6) is 0 Å². The second-order valence-electron chi connectivity index (χ2n) is 5.06. The van der Waals surface area contributed by atoms with E-state index in [1.165, 1.54) is 31.8 Å². The summed E-state index contributed by atoms with van der Waals surface area (Å²) in [6.45, 7) is 0. The molecule has 0 unspecified atom stereocenters. The molecule has 3 heteroatoms. The molecule has 2 fully saturated rings. The molecule has 0 heterocycles. The topological polar surface area (TPSA) is 49.3 Å². The smallest absolute Gasteiger partial charge is 0.328 e. The predicted molar refractivity (Wildman–Crippen MR) is 63.4 cm³/mol. The number of aliphatic carboxylic acids is 1. The van der Waals surface area contributed by atoms with Gasteiger partial charge in [-0.15, -0.1) is 0 Å². The molecule has 0 saturated heterocycles. The summed E-state index contributed by atoms with van der Waals surface area (Å²) in [6, 6.07) is 1.35. The summed E-state index contributed by atoms with van der Waals surface area (Å²) in [4.78, 5) is 10.5. The van der Waals surface area contributed by atoms with E-state index < -0.39 is 5.97 Å². The number of hydrogen-bond donors (Lipinski definition) is 2. The van der Waals surface area contributed by atoms with Crippen molar-refractivity contribution in [2.75, 3.05) is 0 Å². The van der Waals surface area contributed by atoms with E-state index in [4.69, 9.17) is 5.11 Å². The predicted octanol–water partition coefficient (Wildman–Crippen LogP) is 2.47. The van der Waals surface area contributed by atoms with Gasteiger partial charge in [-0.25, -0.2) is 4.79 Å². The van der Waals surface area contributed by atoms with Crippen LogP contribution in [0, 0.1) is 0 Å². The Balaban J connectivity index is 1.74. The average molecular weight is 223 g/mol.